The average Bonchev–Trinajstić information content (AvgIpc) is 2.70. The van der Waals surface area contributed by atoms with E-state index in [9.17, 15) is 14.7 Å². The van der Waals surface area contributed by atoms with Crippen LogP contribution >= 0.6 is 0 Å². The van der Waals surface area contributed by atoms with Crippen molar-refractivity contribution < 1.29 is 19.4 Å². The molecule has 1 amide bonds. The van der Waals surface area contributed by atoms with Crippen LogP contribution in [0.4, 0.5) is 0 Å². The van der Waals surface area contributed by atoms with Crippen LogP contribution in [0.2, 0.25) is 0 Å². The van der Waals surface area contributed by atoms with E-state index < -0.39 is 6.10 Å². The highest BCUT2D eigenvalue weighted by molar-refractivity contribution is 5.78. The number of rotatable bonds is 9. The third kappa shape index (κ3) is 8.84. The lowest BCUT2D eigenvalue weighted by Crippen LogP contribution is -2.42. The summed E-state index contributed by atoms with van der Waals surface area (Å²) in [4.78, 5) is 25.7. The lowest BCUT2D eigenvalue weighted by atomic mass is 9.99. The molecule has 0 aliphatic carbocycles. The van der Waals surface area contributed by atoms with Crippen LogP contribution in [0.5, 0.6) is 0 Å². The van der Waals surface area contributed by atoms with Gasteiger partial charge in [-0.05, 0) is 38.7 Å². The second-order valence-corrected chi connectivity index (χ2v) is 7.87. The molecule has 1 heterocycles. The number of carbonyl (C=O) groups excluding carboxylic acids is 2. The zero-order valence-electron chi connectivity index (χ0n) is 18.0. The number of amides is 1. The maximum atomic E-state index is 12.4. The quantitative estimate of drug-likeness (QED) is 0.292. The fourth-order valence-electron chi connectivity index (χ4n) is 3.40. The van der Waals surface area contributed by atoms with Crippen molar-refractivity contribution in [3.63, 3.8) is 0 Å². The molecule has 5 nitrogen and oxygen atoms in total. The summed E-state index contributed by atoms with van der Waals surface area (Å²) in [7, 11) is 0. The number of carbonyl (C=O) groups is 2. The summed E-state index contributed by atoms with van der Waals surface area (Å²) in [6.07, 6.45) is 7.50. The second-order valence-electron chi connectivity index (χ2n) is 7.87. The second kappa shape index (κ2) is 12.9. The minimum Gasteiger partial charge on any atom is -0.463 e. The number of esters is 1. The van der Waals surface area contributed by atoms with Gasteiger partial charge in [-0.25, -0.2) is 0 Å². The molecule has 5 heteroatoms. The Morgan fingerprint density at radius 3 is 2.80 bits per heavy atom. The Bertz CT molecular complexity index is 760. The number of hydrogen-bond donors (Lipinski definition) is 1. The predicted molar refractivity (Wildman–Crippen MR) is 117 cm³/mol. The van der Waals surface area contributed by atoms with Gasteiger partial charge in [0.2, 0.25) is 5.91 Å². The topological polar surface area (TPSA) is 66.8 Å². The van der Waals surface area contributed by atoms with E-state index in [-0.39, 0.29) is 24.0 Å². The third-order valence-electron chi connectivity index (χ3n) is 4.88. The SMILES string of the molecule is CC(C)OC(=O)CCCC#CCN1C(=O)CCCC1C=CC(O)Cc1ccccc1. The number of benzene rings is 1. The number of unbranched alkanes of at least 4 members (excludes halogenated alkanes) is 1. The number of aliphatic hydroxyl groups is 1. The fourth-order valence-corrected chi connectivity index (χ4v) is 3.40. The Balaban J connectivity index is 1.81. The van der Waals surface area contributed by atoms with E-state index in [2.05, 4.69) is 11.8 Å². The van der Waals surface area contributed by atoms with Crippen LogP contribution in [0, 0.1) is 11.8 Å². The Morgan fingerprint density at radius 2 is 2.07 bits per heavy atom. The maximum absolute atomic E-state index is 12.4. The van der Waals surface area contributed by atoms with Crippen LogP contribution in [0.3, 0.4) is 0 Å². The van der Waals surface area contributed by atoms with Crippen LogP contribution in [0.25, 0.3) is 0 Å². The highest BCUT2D eigenvalue weighted by Crippen LogP contribution is 2.19. The Hall–Kier alpha value is -2.58. The molecule has 0 bridgehead atoms. The lowest BCUT2D eigenvalue weighted by Gasteiger charge is -2.32. The third-order valence-corrected chi connectivity index (χ3v) is 4.88. The zero-order valence-corrected chi connectivity index (χ0v) is 18.0. The predicted octanol–water partition coefficient (Wildman–Crippen LogP) is 3.65. The first kappa shape index (κ1) is 23.7. The molecule has 1 aromatic carbocycles. The zero-order chi connectivity index (χ0) is 21.8. The summed E-state index contributed by atoms with van der Waals surface area (Å²) in [5.74, 6) is 6.02. The Morgan fingerprint density at radius 1 is 1.30 bits per heavy atom. The summed E-state index contributed by atoms with van der Waals surface area (Å²) in [5.41, 5.74) is 1.08. The molecule has 1 saturated heterocycles. The van der Waals surface area contributed by atoms with Gasteiger partial charge in [-0.2, -0.15) is 0 Å². The summed E-state index contributed by atoms with van der Waals surface area (Å²) < 4.78 is 5.10. The van der Waals surface area contributed by atoms with Crippen molar-refractivity contribution in [2.45, 2.75) is 77.0 Å². The summed E-state index contributed by atoms with van der Waals surface area (Å²) in [6, 6.07) is 9.82. The normalized spacial score (nSPS) is 17.7. The number of nitrogens with zero attached hydrogens (tertiary/aromatic N) is 1. The van der Waals surface area contributed by atoms with Gasteiger partial charge >= 0.3 is 5.97 Å². The van der Waals surface area contributed by atoms with Crippen molar-refractivity contribution in [2.75, 3.05) is 6.54 Å². The Labute approximate surface area is 180 Å². The molecule has 2 unspecified atom stereocenters. The largest absolute Gasteiger partial charge is 0.463 e. The molecule has 1 N–H and O–H groups in total. The monoisotopic (exact) mass is 411 g/mol. The molecule has 1 aliphatic heterocycles. The molecule has 30 heavy (non-hydrogen) atoms. The molecule has 0 radical (unpaired) electrons. The molecule has 0 spiro atoms. The maximum Gasteiger partial charge on any atom is 0.306 e. The lowest BCUT2D eigenvalue weighted by molar-refractivity contribution is -0.147. The van der Waals surface area contributed by atoms with Gasteiger partial charge in [-0.15, -0.1) is 5.92 Å². The first-order chi connectivity index (χ1) is 14.5. The van der Waals surface area contributed by atoms with E-state index in [1.807, 2.05) is 50.3 Å². The average molecular weight is 412 g/mol. The molecule has 2 rings (SSSR count). The molecule has 1 aromatic rings. The van der Waals surface area contributed by atoms with E-state index in [0.717, 1.165) is 18.4 Å². The molecule has 1 aliphatic rings. The van der Waals surface area contributed by atoms with Gasteiger partial charge in [0.1, 0.15) is 0 Å². The van der Waals surface area contributed by atoms with Crippen LogP contribution in [-0.2, 0) is 20.7 Å². The van der Waals surface area contributed by atoms with Crippen molar-refractivity contribution in [1.82, 2.24) is 4.90 Å². The Kier molecular flexibility index (Phi) is 10.2. The van der Waals surface area contributed by atoms with Crippen LogP contribution in [0.1, 0.15) is 57.9 Å². The van der Waals surface area contributed by atoms with Crippen molar-refractivity contribution in [1.29, 1.82) is 0 Å². The number of ether oxygens (including phenoxy) is 1. The molecular formula is C25H33NO4. The first-order valence-corrected chi connectivity index (χ1v) is 10.8. The smallest absolute Gasteiger partial charge is 0.306 e. The van der Waals surface area contributed by atoms with E-state index in [1.54, 1.807) is 11.0 Å². The molecule has 0 aromatic heterocycles. The van der Waals surface area contributed by atoms with Crippen LogP contribution in [0.15, 0.2) is 42.5 Å². The standard InChI is InChI=1S/C25H33NO4/c1-20(2)30-25(29)15-8-3-4-9-18-26-22(13-10-14-24(26)28)16-17-23(27)19-21-11-6-5-7-12-21/h5-7,11-12,16-17,20,22-23,27H,3,8,10,13-15,18-19H2,1-2H3. The van der Waals surface area contributed by atoms with Gasteiger partial charge in [-0.3, -0.25) is 9.59 Å². The molecule has 162 valence electrons. The fraction of sp³-hybridized carbons (Fsp3) is 0.520. The van der Waals surface area contributed by atoms with Gasteiger partial charge in [-0.1, -0.05) is 48.4 Å². The number of aliphatic hydroxyl groups excluding tert-OH is 1. The van der Waals surface area contributed by atoms with Crippen molar-refractivity contribution in [2.24, 2.45) is 0 Å². The van der Waals surface area contributed by atoms with Crippen molar-refractivity contribution in [3.05, 3.63) is 48.0 Å². The summed E-state index contributed by atoms with van der Waals surface area (Å²) >= 11 is 0. The highest BCUT2D eigenvalue weighted by atomic mass is 16.5. The van der Waals surface area contributed by atoms with Gasteiger partial charge in [0.25, 0.3) is 0 Å². The molecule has 0 saturated carbocycles. The van der Waals surface area contributed by atoms with Gasteiger partial charge in [0.15, 0.2) is 0 Å². The minimum absolute atomic E-state index is 0.0352. The van der Waals surface area contributed by atoms with Gasteiger partial charge in [0, 0.05) is 25.7 Å². The van der Waals surface area contributed by atoms with E-state index in [4.69, 9.17) is 4.74 Å². The van der Waals surface area contributed by atoms with Crippen molar-refractivity contribution in [3.8, 4) is 11.8 Å². The van der Waals surface area contributed by atoms with Crippen LogP contribution in [-0.4, -0.2) is 46.7 Å². The molecule has 1 fully saturated rings. The molecular weight excluding hydrogens is 378 g/mol. The summed E-state index contributed by atoms with van der Waals surface area (Å²) in [6.45, 7) is 4.04. The minimum atomic E-state index is -0.581. The summed E-state index contributed by atoms with van der Waals surface area (Å²) in [5, 5.41) is 10.3. The van der Waals surface area contributed by atoms with Gasteiger partial charge in [0.05, 0.1) is 24.8 Å². The van der Waals surface area contributed by atoms with E-state index in [1.165, 1.54) is 0 Å². The number of hydrogen-bond acceptors (Lipinski definition) is 4. The number of likely N-dealkylation sites (tertiary alicyclic amines) is 1. The highest BCUT2D eigenvalue weighted by Gasteiger charge is 2.25. The van der Waals surface area contributed by atoms with E-state index >= 15 is 0 Å². The molecule has 2 atom stereocenters. The van der Waals surface area contributed by atoms with E-state index in [0.29, 0.717) is 38.6 Å². The van der Waals surface area contributed by atoms with Crippen LogP contribution < -0.4 is 0 Å². The first-order valence-electron chi connectivity index (χ1n) is 10.8. The van der Waals surface area contributed by atoms with Gasteiger partial charge < -0.3 is 14.7 Å². The van der Waals surface area contributed by atoms with Crippen molar-refractivity contribution >= 4 is 11.9 Å². The number of piperidine rings is 1.